The van der Waals surface area contributed by atoms with E-state index in [2.05, 4.69) is 5.10 Å². The van der Waals surface area contributed by atoms with E-state index < -0.39 is 11.4 Å². The molecule has 5 heteroatoms. The highest BCUT2D eigenvalue weighted by Crippen LogP contribution is 2.23. The number of nitrogens with zero attached hydrogens (tertiary/aromatic N) is 2. The molecule has 0 amide bonds. The van der Waals surface area contributed by atoms with Crippen LogP contribution in [0.25, 0.3) is 0 Å². The molecule has 0 aliphatic heterocycles. The van der Waals surface area contributed by atoms with Crippen LogP contribution in [0, 0.1) is 5.41 Å². The summed E-state index contributed by atoms with van der Waals surface area (Å²) in [5, 5.41) is 13.1. The molecule has 0 aliphatic rings. The van der Waals surface area contributed by atoms with Gasteiger partial charge in [0.05, 0.1) is 24.4 Å². The normalized spacial score (nSPS) is 11.5. The summed E-state index contributed by atoms with van der Waals surface area (Å²) in [6, 6.07) is 0. The second-order valence-electron chi connectivity index (χ2n) is 5.03. The Morgan fingerprint density at radius 3 is 2.78 bits per heavy atom. The molecule has 0 radical (unpaired) electrons. The Bertz CT molecular complexity index is 385. The third kappa shape index (κ3) is 4.39. The molecule has 102 valence electrons. The molecule has 0 bridgehead atoms. The van der Waals surface area contributed by atoms with Gasteiger partial charge in [-0.15, -0.1) is 0 Å². The lowest BCUT2D eigenvalue weighted by Crippen LogP contribution is -2.23. The molecule has 0 aliphatic carbocycles. The predicted molar refractivity (Wildman–Crippen MR) is 68.7 cm³/mol. The van der Waals surface area contributed by atoms with Gasteiger partial charge in [0.25, 0.3) is 0 Å². The minimum Gasteiger partial charge on any atom is -0.490 e. The number of hydrogen-bond donors (Lipinski definition) is 1. The largest absolute Gasteiger partial charge is 0.490 e. The first kappa shape index (κ1) is 14.5. The van der Waals surface area contributed by atoms with Crippen LogP contribution in [0.3, 0.4) is 0 Å². The molecule has 1 heterocycles. The second-order valence-corrected chi connectivity index (χ2v) is 5.03. The summed E-state index contributed by atoms with van der Waals surface area (Å²) < 4.78 is 7.34. The molecule has 0 atom stereocenters. The Morgan fingerprint density at radius 1 is 1.50 bits per heavy atom. The Labute approximate surface area is 108 Å². The highest BCUT2D eigenvalue weighted by atomic mass is 16.5. The quantitative estimate of drug-likeness (QED) is 0.724. The van der Waals surface area contributed by atoms with Crippen LogP contribution in [0.5, 0.6) is 5.75 Å². The van der Waals surface area contributed by atoms with Gasteiger partial charge in [0.1, 0.15) is 0 Å². The molecular weight excluding hydrogens is 232 g/mol. The van der Waals surface area contributed by atoms with Gasteiger partial charge in [0, 0.05) is 6.54 Å². The Morgan fingerprint density at radius 2 is 2.22 bits per heavy atom. The zero-order valence-electron chi connectivity index (χ0n) is 11.3. The third-order valence-corrected chi connectivity index (χ3v) is 2.98. The van der Waals surface area contributed by atoms with Gasteiger partial charge in [-0.2, -0.15) is 5.10 Å². The second kappa shape index (κ2) is 6.42. The molecule has 0 saturated heterocycles. The van der Waals surface area contributed by atoms with Gasteiger partial charge in [-0.25, -0.2) is 0 Å². The Kier molecular flexibility index (Phi) is 5.19. The van der Waals surface area contributed by atoms with Crippen LogP contribution in [-0.2, 0) is 11.3 Å². The summed E-state index contributed by atoms with van der Waals surface area (Å²) in [7, 11) is 0. The number of aromatic nitrogens is 2. The van der Waals surface area contributed by atoms with E-state index in [1.54, 1.807) is 20.0 Å². The number of rotatable bonds is 8. The lowest BCUT2D eigenvalue weighted by molar-refractivity contribution is -0.147. The Hall–Kier alpha value is -1.52. The smallest absolute Gasteiger partial charge is 0.309 e. The molecule has 1 aromatic rings. The molecule has 1 rings (SSSR count). The number of hydrogen-bond acceptors (Lipinski definition) is 3. The lowest BCUT2D eigenvalue weighted by atomic mass is 9.87. The molecule has 0 aromatic carbocycles. The van der Waals surface area contributed by atoms with Gasteiger partial charge < -0.3 is 9.84 Å². The molecule has 0 saturated carbocycles. The molecule has 0 spiro atoms. The van der Waals surface area contributed by atoms with Gasteiger partial charge in [-0.05, 0) is 40.0 Å². The van der Waals surface area contributed by atoms with Gasteiger partial charge >= 0.3 is 5.97 Å². The number of unbranched alkanes of at least 4 members (excludes halogenated alkanes) is 1. The van der Waals surface area contributed by atoms with Crippen molar-refractivity contribution in [1.82, 2.24) is 9.78 Å². The monoisotopic (exact) mass is 254 g/mol. The first-order valence-corrected chi connectivity index (χ1v) is 6.34. The van der Waals surface area contributed by atoms with Crippen LogP contribution in [0.1, 0.15) is 40.0 Å². The summed E-state index contributed by atoms with van der Waals surface area (Å²) in [4.78, 5) is 10.9. The topological polar surface area (TPSA) is 64.3 Å². The minimum absolute atomic E-state index is 0.602. The fourth-order valence-electron chi connectivity index (χ4n) is 1.56. The molecule has 0 fully saturated rings. The zero-order chi connectivity index (χ0) is 13.6. The summed E-state index contributed by atoms with van der Waals surface area (Å²) in [6.45, 7) is 6.95. The number of carbonyl (C=O) groups is 1. The third-order valence-electron chi connectivity index (χ3n) is 2.98. The van der Waals surface area contributed by atoms with E-state index in [0.717, 1.165) is 25.1 Å². The van der Waals surface area contributed by atoms with E-state index >= 15 is 0 Å². The fraction of sp³-hybridized carbons (Fsp3) is 0.692. The number of aliphatic carboxylic acids is 1. The van der Waals surface area contributed by atoms with Crippen molar-refractivity contribution in [2.24, 2.45) is 5.41 Å². The summed E-state index contributed by atoms with van der Waals surface area (Å²) in [6.07, 6.45) is 5.93. The highest BCUT2D eigenvalue weighted by Gasteiger charge is 2.25. The van der Waals surface area contributed by atoms with E-state index in [1.165, 1.54) is 0 Å². The predicted octanol–water partition coefficient (Wildman–Crippen LogP) is 2.56. The summed E-state index contributed by atoms with van der Waals surface area (Å²) in [5.74, 6) is 0.0296. The minimum atomic E-state index is -0.743. The SMILES string of the molecule is CCn1cc(OCCCCC(C)(C)C(=O)O)cn1. The highest BCUT2D eigenvalue weighted by molar-refractivity contribution is 5.73. The van der Waals surface area contributed by atoms with Crippen molar-refractivity contribution in [2.75, 3.05) is 6.61 Å². The van der Waals surface area contributed by atoms with E-state index in [0.29, 0.717) is 13.0 Å². The maximum Gasteiger partial charge on any atom is 0.309 e. The first-order valence-electron chi connectivity index (χ1n) is 6.34. The summed E-state index contributed by atoms with van der Waals surface area (Å²) in [5.41, 5.74) is -0.646. The number of ether oxygens (including phenoxy) is 1. The first-order chi connectivity index (χ1) is 8.45. The lowest BCUT2D eigenvalue weighted by Gasteiger charge is -2.18. The van der Waals surface area contributed by atoms with Crippen molar-refractivity contribution in [3.8, 4) is 5.75 Å². The summed E-state index contributed by atoms with van der Waals surface area (Å²) >= 11 is 0. The Balaban J connectivity index is 2.17. The standard InChI is InChI=1S/C13H22N2O3/c1-4-15-10-11(9-14-15)18-8-6-5-7-13(2,3)12(16)17/h9-10H,4-8H2,1-3H3,(H,16,17). The van der Waals surface area contributed by atoms with Crippen molar-refractivity contribution in [2.45, 2.75) is 46.6 Å². The fourth-order valence-corrected chi connectivity index (χ4v) is 1.56. The van der Waals surface area contributed by atoms with Gasteiger partial charge in [-0.1, -0.05) is 0 Å². The maximum absolute atomic E-state index is 10.9. The van der Waals surface area contributed by atoms with Gasteiger partial charge in [0.2, 0.25) is 0 Å². The van der Waals surface area contributed by atoms with Crippen molar-refractivity contribution >= 4 is 5.97 Å². The van der Waals surface area contributed by atoms with Crippen LogP contribution in [0.2, 0.25) is 0 Å². The zero-order valence-corrected chi connectivity index (χ0v) is 11.3. The van der Waals surface area contributed by atoms with E-state index in [4.69, 9.17) is 9.84 Å². The molecular formula is C13H22N2O3. The molecule has 1 aromatic heterocycles. The van der Waals surface area contributed by atoms with Crippen LogP contribution in [0.4, 0.5) is 0 Å². The van der Waals surface area contributed by atoms with E-state index in [-0.39, 0.29) is 0 Å². The van der Waals surface area contributed by atoms with Crippen molar-refractivity contribution in [1.29, 1.82) is 0 Å². The molecule has 0 unspecified atom stereocenters. The van der Waals surface area contributed by atoms with Gasteiger partial charge in [0.15, 0.2) is 5.75 Å². The van der Waals surface area contributed by atoms with Crippen LogP contribution >= 0.6 is 0 Å². The van der Waals surface area contributed by atoms with Gasteiger partial charge in [-0.3, -0.25) is 9.48 Å². The number of carboxylic acid groups (broad SMARTS) is 1. The van der Waals surface area contributed by atoms with Crippen molar-refractivity contribution < 1.29 is 14.6 Å². The van der Waals surface area contributed by atoms with Crippen LogP contribution < -0.4 is 4.74 Å². The average Bonchev–Trinajstić information content (AvgIpc) is 2.76. The molecule has 18 heavy (non-hydrogen) atoms. The van der Waals surface area contributed by atoms with E-state index in [1.807, 2.05) is 17.8 Å². The van der Waals surface area contributed by atoms with E-state index in [9.17, 15) is 4.79 Å². The van der Waals surface area contributed by atoms with Crippen LogP contribution in [-0.4, -0.2) is 27.5 Å². The van der Waals surface area contributed by atoms with Crippen molar-refractivity contribution in [3.05, 3.63) is 12.4 Å². The maximum atomic E-state index is 10.9. The van der Waals surface area contributed by atoms with Crippen LogP contribution in [0.15, 0.2) is 12.4 Å². The number of carboxylic acids is 1. The average molecular weight is 254 g/mol. The molecule has 1 N–H and O–H groups in total. The van der Waals surface area contributed by atoms with Crippen molar-refractivity contribution in [3.63, 3.8) is 0 Å². The number of aryl methyl sites for hydroxylation is 1. The molecule has 5 nitrogen and oxygen atoms in total.